The number of fused-ring (bicyclic) bond motifs is 1. The van der Waals surface area contributed by atoms with E-state index < -0.39 is 10.0 Å². The molecule has 4 rings (SSSR count). The summed E-state index contributed by atoms with van der Waals surface area (Å²) in [4.78, 5) is 0.171. The maximum atomic E-state index is 13.4. The lowest BCUT2D eigenvalue weighted by atomic mass is 10.1. The molecule has 0 saturated heterocycles. The summed E-state index contributed by atoms with van der Waals surface area (Å²) in [6.07, 6.45) is 0. The predicted molar refractivity (Wildman–Crippen MR) is 113 cm³/mol. The van der Waals surface area contributed by atoms with Crippen LogP contribution in [-0.2, 0) is 10.0 Å². The molecule has 6 heteroatoms. The first-order valence-corrected chi connectivity index (χ1v) is 10.4. The van der Waals surface area contributed by atoms with Crippen molar-refractivity contribution in [3.05, 3.63) is 90.7 Å². The molecular weight excluding hydrogens is 389 g/mol. The summed E-state index contributed by atoms with van der Waals surface area (Å²) in [7, 11) is -2.16. The molecule has 0 unspecified atom stereocenters. The second kappa shape index (κ2) is 7.56. The van der Waals surface area contributed by atoms with Gasteiger partial charge >= 0.3 is 0 Å². The van der Waals surface area contributed by atoms with E-state index in [9.17, 15) is 12.8 Å². The number of anilines is 1. The van der Waals surface area contributed by atoms with E-state index in [2.05, 4.69) is 4.72 Å². The van der Waals surface area contributed by atoms with Gasteiger partial charge in [-0.1, -0.05) is 36.4 Å². The fourth-order valence-electron chi connectivity index (χ4n) is 3.11. The highest BCUT2D eigenvalue weighted by Crippen LogP contribution is 2.26. The number of benzene rings is 4. The van der Waals surface area contributed by atoms with E-state index in [1.807, 2.05) is 12.1 Å². The average molecular weight is 407 g/mol. The smallest absolute Gasteiger partial charge is 0.261 e. The van der Waals surface area contributed by atoms with Crippen molar-refractivity contribution >= 4 is 26.5 Å². The van der Waals surface area contributed by atoms with Gasteiger partial charge in [-0.25, -0.2) is 12.8 Å². The van der Waals surface area contributed by atoms with Gasteiger partial charge in [-0.2, -0.15) is 0 Å². The number of ether oxygens (including phenoxy) is 1. The first-order valence-electron chi connectivity index (χ1n) is 8.91. The predicted octanol–water partition coefficient (Wildman–Crippen LogP) is 5.46. The molecular formula is C23H18FNO3S. The Labute approximate surface area is 168 Å². The molecule has 0 aliphatic carbocycles. The van der Waals surface area contributed by atoms with Crippen molar-refractivity contribution in [1.82, 2.24) is 0 Å². The maximum Gasteiger partial charge on any atom is 0.261 e. The van der Waals surface area contributed by atoms with Gasteiger partial charge in [0.15, 0.2) is 0 Å². The van der Waals surface area contributed by atoms with Crippen molar-refractivity contribution in [1.29, 1.82) is 0 Å². The summed E-state index contributed by atoms with van der Waals surface area (Å²) in [5, 5.41) is 1.69. The third kappa shape index (κ3) is 4.07. The number of hydrogen-bond acceptors (Lipinski definition) is 3. The molecule has 0 aromatic heterocycles. The van der Waals surface area contributed by atoms with Crippen LogP contribution in [0.15, 0.2) is 89.8 Å². The number of sulfonamides is 1. The summed E-state index contributed by atoms with van der Waals surface area (Å²) in [5.74, 6) is 0.394. The monoisotopic (exact) mass is 407 g/mol. The van der Waals surface area contributed by atoms with Crippen molar-refractivity contribution in [3.8, 4) is 16.9 Å². The molecule has 0 radical (unpaired) electrons. The fourth-order valence-corrected chi connectivity index (χ4v) is 4.20. The average Bonchev–Trinajstić information content (AvgIpc) is 2.73. The van der Waals surface area contributed by atoms with Gasteiger partial charge in [0, 0.05) is 5.69 Å². The first kappa shape index (κ1) is 19.0. The summed E-state index contributed by atoms with van der Waals surface area (Å²) in [6, 6.07) is 23.5. The van der Waals surface area contributed by atoms with Gasteiger partial charge in [0.25, 0.3) is 10.0 Å². The van der Waals surface area contributed by atoms with E-state index >= 15 is 0 Å². The molecule has 0 bridgehead atoms. The number of halogens is 1. The molecule has 0 heterocycles. The summed E-state index contributed by atoms with van der Waals surface area (Å²) in [5.41, 5.74) is 1.96. The summed E-state index contributed by atoms with van der Waals surface area (Å²) in [6.45, 7) is 0. The lowest BCUT2D eigenvalue weighted by Crippen LogP contribution is -2.12. The molecule has 0 amide bonds. The van der Waals surface area contributed by atoms with Crippen LogP contribution in [-0.4, -0.2) is 15.5 Å². The van der Waals surface area contributed by atoms with E-state index in [4.69, 9.17) is 4.74 Å². The number of nitrogens with one attached hydrogen (secondary N) is 1. The van der Waals surface area contributed by atoms with Crippen LogP contribution in [0, 0.1) is 5.82 Å². The van der Waals surface area contributed by atoms with Crippen LogP contribution in [0.25, 0.3) is 21.9 Å². The normalized spacial score (nSPS) is 11.4. The van der Waals surface area contributed by atoms with Crippen LogP contribution in [0.3, 0.4) is 0 Å². The molecule has 4 aromatic rings. The zero-order valence-corrected chi connectivity index (χ0v) is 16.4. The quantitative estimate of drug-likeness (QED) is 0.478. The van der Waals surface area contributed by atoms with Crippen molar-refractivity contribution in [2.45, 2.75) is 4.90 Å². The van der Waals surface area contributed by atoms with E-state index in [1.165, 1.54) is 12.1 Å². The van der Waals surface area contributed by atoms with Crippen LogP contribution < -0.4 is 9.46 Å². The van der Waals surface area contributed by atoms with Crippen LogP contribution in [0.4, 0.5) is 10.1 Å². The lowest BCUT2D eigenvalue weighted by molar-refractivity contribution is 0.415. The fraction of sp³-hybridized carbons (Fsp3) is 0.0435. The Bertz CT molecular complexity index is 1290. The Morgan fingerprint density at radius 3 is 2.24 bits per heavy atom. The van der Waals surface area contributed by atoms with Gasteiger partial charge in [0.2, 0.25) is 0 Å². The largest absolute Gasteiger partial charge is 0.497 e. The van der Waals surface area contributed by atoms with Gasteiger partial charge in [0.1, 0.15) is 11.6 Å². The molecule has 146 valence electrons. The Kier molecular flexibility index (Phi) is 4.94. The zero-order chi connectivity index (χ0) is 20.4. The molecule has 4 nitrogen and oxygen atoms in total. The second-order valence-corrected chi connectivity index (χ2v) is 8.25. The van der Waals surface area contributed by atoms with Gasteiger partial charge in [0.05, 0.1) is 12.0 Å². The van der Waals surface area contributed by atoms with E-state index in [0.717, 1.165) is 21.9 Å². The standard InChI is InChI=1S/C23H18FNO3S/c1-28-22-11-7-19-15-23(12-8-18(19)14-22)29(26,27)25-21-9-5-16(6-10-21)17-3-2-4-20(24)13-17/h2-15,25H,1H3. The third-order valence-corrected chi connectivity index (χ3v) is 6.00. The Morgan fingerprint density at radius 2 is 1.52 bits per heavy atom. The van der Waals surface area contributed by atoms with Crippen molar-refractivity contribution < 1.29 is 17.5 Å². The van der Waals surface area contributed by atoms with E-state index in [-0.39, 0.29) is 10.7 Å². The van der Waals surface area contributed by atoms with Crippen molar-refractivity contribution in [3.63, 3.8) is 0 Å². The van der Waals surface area contributed by atoms with Crippen molar-refractivity contribution in [2.24, 2.45) is 0 Å². The highest BCUT2D eigenvalue weighted by atomic mass is 32.2. The summed E-state index contributed by atoms with van der Waals surface area (Å²) >= 11 is 0. The zero-order valence-electron chi connectivity index (χ0n) is 15.6. The topological polar surface area (TPSA) is 55.4 Å². The molecule has 0 fully saturated rings. The second-order valence-electron chi connectivity index (χ2n) is 6.57. The molecule has 4 aromatic carbocycles. The molecule has 0 spiro atoms. The minimum absolute atomic E-state index is 0.171. The highest BCUT2D eigenvalue weighted by molar-refractivity contribution is 7.92. The van der Waals surface area contributed by atoms with Gasteiger partial charge in [-0.3, -0.25) is 4.72 Å². The molecule has 0 aliphatic heterocycles. The van der Waals surface area contributed by atoms with Gasteiger partial charge < -0.3 is 4.74 Å². The Morgan fingerprint density at radius 1 is 0.793 bits per heavy atom. The van der Waals surface area contributed by atoms with E-state index in [1.54, 1.807) is 67.8 Å². The maximum absolute atomic E-state index is 13.4. The molecule has 0 aliphatic rings. The highest BCUT2D eigenvalue weighted by Gasteiger charge is 2.15. The third-order valence-electron chi connectivity index (χ3n) is 4.62. The lowest BCUT2D eigenvalue weighted by Gasteiger charge is -2.10. The van der Waals surface area contributed by atoms with Gasteiger partial charge in [-0.15, -0.1) is 0 Å². The molecule has 0 saturated carbocycles. The summed E-state index contributed by atoms with van der Waals surface area (Å²) < 4.78 is 46.7. The van der Waals surface area contributed by atoms with Crippen LogP contribution in [0.2, 0.25) is 0 Å². The Balaban J connectivity index is 1.59. The van der Waals surface area contributed by atoms with Crippen LogP contribution in [0.1, 0.15) is 0 Å². The number of rotatable bonds is 5. The van der Waals surface area contributed by atoms with Crippen molar-refractivity contribution in [2.75, 3.05) is 11.8 Å². The number of methoxy groups -OCH3 is 1. The Hall–Kier alpha value is -3.38. The van der Waals surface area contributed by atoms with Crippen LogP contribution >= 0.6 is 0 Å². The SMILES string of the molecule is COc1ccc2cc(S(=O)(=O)Nc3ccc(-c4cccc(F)c4)cc3)ccc2c1. The van der Waals surface area contributed by atoms with Crippen LogP contribution in [0.5, 0.6) is 5.75 Å². The van der Waals surface area contributed by atoms with E-state index in [0.29, 0.717) is 11.4 Å². The minimum Gasteiger partial charge on any atom is -0.497 e. The van der Waals surface area contributed by atoms with Gasteiger partial charge in [-0.05, 0) is 70.4 Å². The minimum atomic E-state index is -3.75. The number of hydrogen-bond donors (Lipinski definition) is 1. The molecule has 1 N–H and O–H groups in total. The molecule has 29 heavy (non-hydrogen) atoms. The first-order chi connectivity index (χ1) is 13.9. The molecule has 0 atom stereocenters.